The lowest BCUT2D eigenvalue weighted by molar-refractivity contribution is -0.118. The zero-order valence-electron chi connectivity index (χ0n) is 10.0. The number of ketones is 1. The lowest BCUT2D eigenvalue weighted by Crippen LogP contribution is -2.47. The summed E-state index contributed by atoms with van der Waals surface area (Å²) in [7, 11) is 0. The van der Waals surface area contributed by atoms with Gasteiger partial charge < -0.3 is 4.90 Å². The molecular weight excluding hydrogens is 176 g/mol. The summed E-state index contributed by atoms with van der Waals surface area (Å²) in [6, 6.07) is 0. The fourth-order valence-corrected chi connectivity index (χ4v) is 1.58. The number of rotatable bonds is 3. The van der Waals surface area contributed by atoms with Crippen LogP contribution in [0.1, 0.15) is 27.7 Å². The molecule has 0 N–H and O–H groups in total. The first-order valence-electron chi connectivity index (χ1n) is 5.66. The van der Waals surface area contributed by atoms with Crippen LogP contribution in [0.25, 0.3) is 0 Å². The van der Waals surface area contributed by atoms with Crippen molar-refractivity contribution in [2.75, 3.05) is 39.3 Å². The molecule has 1 aliphatic heterocycles. The van der Waals surface area contributed by atoms with Gasteiger partial charge in [-0.15, -0.1) is 0 Å². The fraction of sp³-hybridized carbons (Fsp3) is 0.909. The molecule has 1 heterocycles. The van der Waals surface area contributed by atoms with Crippen molar-refractivity contribution in [3.63, 3.8) is 0 Å². The molecule has 0 saturated carbocycles. The molecule has 0 unspecified atom stereocenters. The van der Waals surface area contributed by atoms with Crippen molar-refractivity contribution in [2.24, 2.45) is 0 Å². The standard InChI is InChI=1S/C9H18N2O.C2H6/c1-3-10-4-6-11(7-5-10)8-9(2)12;1-2/h3-8H2,1-2H3;1-2H3. The Bertz CT molecular complexity index is 151. The molecule has 3 heteroatoms. The molecule has 84 valence electrons. The van der Waals surface area contributed by atoms with Crippen LogP contribution in [0, 0.1) is 0 Å². The van der Waals surface area contributed by atoms with E-state index < -0.39 is 0 Å². The minimum absolute atomic E-state index is 0.278. The molecule has 0 atom stereocenters. The summed E-state index contributed by atoms with van der Waals surface area (Å²) >= 11 is 0. The lowest BCUT2D eigenvalue weighted by Gasteiger charge is -2.33. The van der Waals surface area contributed by atoms with Gasteiger partial charge in [0.05, 0.1) is 6.54 Å². The summed E-state index contributed by atoms with van der Waals surface area (Å²) < 4.78 is 0. The van der Waals surface area contributed by atoms with E-state index in [2.05, 4.69) is 16.7 Å². The third-order valence-corrected chi connectivity index (χ3v) is 2.36. The van der Waals surface area contributed by atoms with E-state index in [0.29, 0.717) is 6.54 Å². The van der Waals surface area contributed by atoms with Gasteiger partial charge in [0.15, 0.2) is 0 Å². The van der Waals surface area contributed by atoms with Gasteiger partial charge in [0.1, 0.15) is 5.78 Å². The molecule has 0 radical (unpaired) electrons. The van der Waals surface area contributed by atoms with Gasteiger partial charge in [0.2, 0.25) is 0 Å². The first kappa shape index (κ1) is 13.6. The number of nitrogens with zero attached hydrogens (tertiary/aromatic N) is 2. The molecule has 1 saturated heterocycles. The number of Topliss-reactive ketones (excluding diaryl/α,β-unsaturated/α-hetero) is 1. The molecule has 1 aliphatic rings. The van der Waals surface area contributed by atoms with Crippen molar-refractivity contribution in [3.8, 4) is 0 Å². The summed E-state index contributed by atoms with van der Waals surface area (Å²) in [5.74, 6) is 0.278. The zero-order chi connectivity index (χ0) is 11.0. The Morgan fingerprint density at radius 3 is 1.86 bits per heavy atom. The first-order chi connectivity index (χ1) is 6.72. The van der Waals surface area contributed by atoms with E-state index in [9.17, 15) is 4.79 Å². The molecule has 0 aromatic heterocycles. The highest BCUT2D eigenvalue weighted by molar-refractivity contribution is 5.77. The monoisotopic (exact) mass is 200 g/mol. The molecule has 0 aromatic carbocycles. The Hall–Kier alpha value is -0.410. The van der Waals surface area contributed by atoms with Crippen LogP contribution in [0.5, 0.6) is 0 Å². The van der Waals surface area contributed by atoms with Crippen LogP contribution in [-0.4, -0.2) is 54.9 Å². The Morgan fingerprint density at radius 2 is 1.50 bits per heavy atom. The zero-order valence-corrected chi connectivity index (χ0v) is 10.0. The molecule has 0 bridgehead atoms. The Kier molecular flexibility index (Phi) is 7.71. The van der Waals surface area contributed by atoms with E-state index in [-0.39, 0.29) is 5.78 Å². The highest BCUT2D eigenvalue weighted by atomic mass is 16.1. The highest BCUT2D eigenvalue weighted by Gasteiger charge is 2.15. The predicted octanol–water partition coefficient (Wildman–Crippen LogP) is 1.24. The van der Waals surface area contributed by atoms with E-state index in [1.54, 1.807) is 6.92 Å². The van der Waals surface area contributed by atoms with Crippen molar-refractivity contribution in [1.29, 1.82) is 0 Å². The summed E-state index contributed by atoms with van der Waals surface area (Å²) in [5.41, 5.74) is 0. The van der Waals surface area contributed by atoms with Gasteiger partial charge in [-0.05, 0) is 13.5 Å². The number of piperazine rings is 1. The smallest absolute Gasteiger partial charge is 0.143 e. The van der Waals surface area contributed by atoms with Crippen LogP contribution in [0.4, 0.5) is 0 Å². The van der Waals surface area contributed by atoms with Crippen LogP contribution >= 0.6 is 0 Å². The van der Waals surface area contributed by atoms with Gasteiger partial charge in [0, 0.05) is 26.2 Å². The second-order valence-corrected chi connectivity index (χ2v) is 3.41. The van der Waals surface area contributed by atoms with Gasteiger partial charge in [-0.1, -0.05) is 20.8 Å². The molecule has 0 aliphatic carbocycles. The van der Waals surface area contributed by atoms with E-state index in [1.807, 2.05) is 13.8 Å². The van der Waals surface area contributed by atoms with Gasteiger partial charge in [-0.3, -0.25) is 9.69 Å². The molecule has 0 amide bonds. The number of carbonyl (C=O) groups is 1. The maximum Gasteiger partial charge on any atom is 0.143 e. The van der Waals surface area contributed by atoms with E-state index >= 15 is 0 Å². The summed E-state index contributed by atoms with van der Waals surface area (Å²) in [5, 5.41) is 0. The molecule has 0 spiro atoms. The van der Waals surface area contributed by atoms with Crippen molar-refractivity contribution < 1.29 is 4.79 Å². The van der Waals surface area contributed by atoms with Crippen LogP contribution in [0.3, 0.4) is 0 Å². The maximum atomic E-state index is 10.8. The SMILES string of the molecule is CC.CCN1CCN(CC(C)=O)CC1. The first-order valence-corrected chi connectivity index (χ1v) is 5.66. The van der Waals surface area contributed by atoms with E-state index in [0.717, 1.165) is 32.7 Å². The summed E-state index contributed by atoms with van der Waals surface area (Å²) in [6.45, 7) is 13.9. The average molecular weight is 200 g/mol. The molecular formula is C11H24N2O. The Labute approximate surface area is 88.1 Å². The fourth-order valence-electron chi connectivity index (χ4n) is 1.58. The van der Waals surface area contributed by atoms with Crippen LogP contribution in [-0.2, 0) is 4.79 Å². The van der Waals surface area contributed by atoms with Crippen molar-refractivity contribution in [2.45, 2.75) is 27.7 Å². The quantitative estimate of drug-likeness (QED) is 0.685. The van der Waals surface area contributed by atoms with Crippen LogP contribution in [0.2, 0.25) is 0 Å². The minimum Gasteiger partial charge on any atom is -0.301 e. The van der Waals surface area contributed by atoms with Gasteiger partial charge in [-0.2, -0.15) is 0 Å². The van der Waals surface area contributed by atoms with Crippen molar-refractivity contribution in [1.82, 2.24) is 9.80 Å². The summed E-state index contributed by atoms with van der Waals surface area (Å²) in [6.07, 6.45) is 0. The topological polar surface area (TPSA) is 23.6 Å². The molecule has 14 heavy (non-hydrogen) atoms. The maximum absolute atomic E-state index is 10.8. The number of likely N-dealkylation sites (N-methyl/N-ethyl adjacent to an activating group) is 1. The molecule has 1 rings (SSSR count). The normalized spacial score (nSPS) is 18.6. The molecule has 0 aromatic rings. The molecule has 3 nitrogen and oxygen atoms in total. The van der Waals surface area contributed by atoms with Gasteiger partial charge in [0.25, 0.3) is 0 Å². The average Bonchev–Trinajstić information content (AvgIpc) is 2.21. The molecule has 1 fully saturated rings. The minimum atomic E-state index is 0.278. The lowest BCUT2D eigenvalue weighted by atomic mass is 10.3. The number of hydrogen-bond acceptors (Lipinski definition) is 3. The van der Waals surface area contributed by atoms with E-state index in [1.165, 1.54) is 0 Å². The van der Waals surface area contributed by atoms with Crippen LogP contribution in [0.15, 0.2) is 0 Å². The largest absolute Gasteiger partial charge is 0.301 e. The Balaban J connectivity index is 0.000000791. The van der Waals surface area contributed by atoms with Crippen molar-refractivity contribution >= 4 is 5.78 Å². The Morgan fingerprint density at radius 1 is 1.07 bits per heavy atom. The van der Waals surface area contributed by atoms with Gasteiger partial charge >= 0.3 is 0 Å². The van der Waals surface area contributed by atoms with Crippen LogP contribution < -0.4 is 0 Å². The highest BCUT2D eigenvalue weighted by Crippen LogP contribution is 2.00. The van der Waals surface area contributed by atoms with Crippen molar-refractivity contribution in [3.05, 3.63) is 0 Å². The van der Waals surface area contributed by atoms with Gasteiger partial charge in [-0.25, -0.2) is 0 Å². The number of carbonyl (C=O) groups excluding carboxylic acids is 1. The van der Waals surface area contributed by atoms with E-state index in [4.69, 9.17) is 0 Å². The number of hydrogen-bond donors (Lipinski definition) is 0. The third kappa shape index (κ3) is 5.35. The third-order valence-electron chi connectivity index (χ3n) is 2.36. The summed E-state index contributed by atoms with van der Waals surface area (Å²) in [4.78, 5) is 15.5. The second kappa shape index (κ2) is 7.94. The second-order valence-electron chi connectivity index (χ2n) is 3.41. The predicted molar refractivity (Wildman–Crippen MR) is 60.6 cm³/mol.